The zero-order chi connectivity index (χ0) is 17.0. The van der Waals surface area contributed by atoms with Gasteiger partial charge >= 0.3 is 0 Å². The van der Waals surface area contributed by atoms with Crippen LogP contribution in [0.1, 0.15) is 71.1 Å². The molecule has 2 atom stereocenters. The molecule has 1 N–H and O–H groups in total. The Kier molecular flexibility index (Phi) is 6.15. The minimum absolute atomic E-state index is 0.345. The lowest BCUT2D eigenvalue weighted by atomic mass is 9.90. The van der Waals surface area contributed by atoms with Crippen LogP contribution in [0.5, 0.6) is 0 Å². The van der Waals surface area contributed by atoms with Crippen LogP contribution in [0.25, 0.3) is 0 Å². The number of nitrogens with zero attached hydrogens (tertiary/aromatic N) is 1. The van der Waals surface area contributed by atoms with Crippen molar-refractivity contribution in [1.82, 2.24) is 4.90 Å². The topological polar surface area (TPSA) is 23.5 Å². The van der Waals surface area contributed by atoms with Gasteiger partial charge in [-0.25, -0.2) is 0 Å². The van der Waals surface area contributed by atoms with E-state index in [1.165, 1.54) is 69.8 Å². The van der Waals surface area contributed by atoms with Gasteiger partial charge in [-0.15, -0.1) is 11.8 Å². The maximum Gasteiger partial charge on any atom is 0.148 e. The fourth-order valence-electron chi connectivity index (χ4n) is 4.43. The molecule has 0 fully saturated rings. The Morgan fingerprint density at radius 1 is 1.08 bits per heavy atom. The van der Waals surface area contributed by atoms with Crippen molar-refractivity contribution in [2.45, 2.75) is 82.1 Å². The number of allylic oxidation sites excluding steroid dienone is 1. The summed E-state index contributed by atoms with van der Waals surface area (Å²) in [6.45, 7) is 2.11. The minimum atomic E-state index is -0.812. The van der Waals surface area contributed by atoms with Crippen LogP contribution in [0.3, 0.4) is 0 Å². The third kappa shape index (κ3) is 3.94. The van der Waals surface area contributed by atoms with E-state index in [-0.39, 0.29) is 0 Å². The molecule has 0 bridgehead atoms. The molecule has 0 aromatic rings. The molecule has 1 aliphatic heterocycles. The summed E-state index contributed by atoms with van der Waals surface area (Å²) in [5, 5.41) is 10.9. The van der Waals surface area contributed by atoms with E-state index in [9.17, 15) is 5.11 Å². The highest BCUT2D eigenvalue weighted by molar-refractivity contribution is 8.00. The van der Waals surface area contributed by atoms with Crippen molar-refractivity contribution in [3.63, 3.8) is 0 Å². The molecule has 0 amide bonds. The standard InChI is InChI=1S/C21H33NOS/c1-3-24-21(23)15-14-20-18(16-21)17-12-10-8-6-4-5-7-9-11-13-19(17)22(20)2/h14-16,20,23H,3-13H2,1-2H3. The first-order valence-electron chi connectivity index (χ1n) is 9.88. The predicted octanol–water partition coefficient (Wildman–Crippen LogP) is 5.41. The minimum Gasteiger partial charge on any atom is -0.372 e. The first-order chi connectivity index (χ1) is 11.6. The Hall–Kier alpha value is -0.670. The van der Waals surface area contributed by atoms with Gasteiger partial charge in [-0.2, -0.15) is 0 Å². The third-order valence-corrected chi connectivity index (χ3v) is 6.71. The van der Waals surface area contributed by atoms with Crippen LogP contribution < -0.4 is 0 Å². The fourth-order valence-corrected chi connectivity index (χ4v) is 5.28. The summed E-state index contributed by atoms with van der Waals surface area (Å²) >= 11 is 1.62. The first kappa shape index (κ1) is 18.1. The highest BCUT2D eigenvalue weighted by atomic mass is 32.2. The largest absolute Gasteiger partial charge is 0.372 e. The van der Waals surface area contributed by atoms with E-state index in [2.05, 4.69) is 31.0 Å². The molecule has 2 aliphatic carbocycles. The lowest BCUT2D eigenvalue weighted by Gasteiger charge is -2.30. The molecule has 0 radical (unpaired) electrons. The molecule has 2 unspecified atom stereocenters. The second-order valence-corrected chi connectivity index (χ2v) is 8.97. The van der Waals surface area contributed by atoms with E-state index in [1.54, 1.807) is 23.0 Å². The SMILES string of the molecule is CCSC1(O)C=CC2C(=C1)C1=C(CCCCCCCCCC1)N2C. The van der Waals surface area contributed by atoms with Crippen LogP contribution in [0.2, 0.25) is 0 Å². The smallest absolute Gasteiger partial charge is 0.148 e. The quantitative estimate of drug-likeness (QED) is 0.534. The van der Waals surface area contributed by atoms with Crippen LogP contribution in [0, 0.1) is 0 Å². The van der Waals surface area contributed by atoms with Crippen molar-refractivity contribution >= 4 is 11.8 Å². The average Bonchev–Trinajstić information content (AvgIpc) is 2.78. The van der Waals surface area contributed by atoms with E-state index >= 15 is 0 Å². The van der Waals surface area contributed by atoms with Gasteiger partial charge in [0.05, 0.1) is 6.04 Å². The van der Waals surface area contributed by atoms with Crippen molar-refractivity contribution in [3.8, 4) is 0 Å². The number of rotatable bonds is 2. The predicted molar refractivity (Wildman–Crippen MR) is 105 cm³/mol. The summed E-state index contributed by atoms with van der Waals surface area (Å²) in [6.07, 6.45) is 19.7. The zero-order valence-corrected chi connectivity index (χ0v) is 16.2. The van der Waals surface area contributed by atoms with E-state index in [0.29, 0.717) is 6.04 Å². The fraction of sp³-hybridized carbons (Fsp3) is 0.714. The third-order valence-electron chi connectivity index (χ3n) is 5.70. The van der Waals surface area contributed by atoms with Crippen molar-refractivity contribution in [2.75, 3.05) is 12.8 Å². The molecular formula is C21H33NOS. The maximum absolute atomic E-state index is 10.9. The van der Waals surface area contributed by atoms with Gasteiger partial charge in [-0.05, 0) is 54.7 Å². The van der Waals surface area contributed by atoms with E-state index < -0.39 is 4.93 Å². The average molecular weight is 348 g/mol. The normalized spacial score (nSPS) is 31.9. The second-order valence-electron chi connectivity index (χ2n) is 7.45. The highest BCUT2D eigenvalue weighted by Crippen LogP contribution is 2.44. The van der Waals surface area contributed by atoms with E-state index in [4.69, 9.17) is 0 Å². The lowest BCUT2D eigenvalue weighted by Crippen LogP contribution is -2.31. The molecule has 1 heterocycles. The Bertz CT molecular complexity index is 536. The van der Waals surface area contributed by atoms with Crippen molar-refractivity contribution in [1.29, 1.82) is 0 Å². The van der Waals surface area contributed by atoms with Gasteiger partial charge in [0.25, 0.3) is 0 Å². The van der Waals surface area contributed by atoms with Crippen molar-refractivity contribution < 1.29 is 5.11 Å². The number of hydrogen-bond donors (Lipinski definition) is 1. The van der Waals surface area contributed by atoms with Gasteiger partial charge in [-0.3, -0.25) is 0 Å². The number of hydrogen-bond acceptors (Lipinski definition) is 3. The molecular weight excluding hydrogens is 314 g/mol. The maximum atomic E-state index is 10.9. The lowest BCUT2D eigenvalue weighted by molar-refractivity contribution is 0.231. The number of fused-ring (bicyclic) bond motifs is 2. The van der Waals surface area contributed by atoms with Gasteiger partial charge in [-0.1, -0.05) is 51.5 Å². The molecule has 0 aromatic heterocycles. The van der Waals surface area contributed by atoms with Crippen molar-refractivity contribution in [3.05, 3.63) is 35.1 Å². The molecule has 24 heavy (non-hydrogen) atoms. The Balaban J connectivity index is 1.86. The second kappa shape index (κ2) is 8.14. The Morgan fingerprint density at radius 3 is 2.38 bits per heavy atom. The summed E-state index contributed by atoms with van der Waals surface area (Å²) in [5.74, 6) is 0.928. The molecule has 0 saturated heterocycles. The Labute approximate surface area is 152 Å². The molecule has 3 rings (SSSR count). The highest BCUT2D eigenvalue weighted by Gasteiger charge is 2.37. The summed E-state index contributed by atoms with van der Waals surface area (Å²) in [4.78, 5) is 1.66. The summed E-state index contributed by atoms with van der Waals surface area (Å²) in [6, 6.07) is 0.345. The van der Waals surface area contributed by atoms with E-state index in [1.807, 2.05) is 6.08 Å². The van der Waals surface area contributed by atoms with Crippen molar-refractivity contribution in [2.24, 2.45) is 0 Å². The number of aliphatic hydroxyl groups is 1. The van der Waals surface area contributed by atoms with E-state index in [0.717, 1.165) is 5.75 Å². The zero-order valence-electron chi connectivity index (χ0n) is 15.4. The summed E-state index contributed by atoms with van der Waals surface area (Å²) in [7, 11) is 2.24. The van der Waals surface area contributed by atoms with Crippen LogP contribution >= 0.6 is 11.8 Å². The van der Waals surface area contributed by atoms with Crippen LogP contribution in [-0.4, -0.2) is 33.8 Å². The van der Waals surface area contributed by atoms with Gasteiger partial charge < -0.3 is 10.0 Å². The first-order valence-corrected chi connectivity index (χ1v) is 10.9. The van der Waals surface area contributed by atoms with Crippen LogP contribution in [0.4, 0.5) is 0 Å². The van der Waals surface area contributed by atoms with Crippen LogP contribution in [-0.2, 0) is 0 Å². The molecule has 2 nitrogen and oxygen atoms in total. The van der Waals surface area contributed by atoms with Crippen LogP contribution in [0.15, 0.2) is 35.1 Å². The molecule has 0 saturated carbocycles. The Morgan fingerprint density at radius 2 is 1.71 bits per heavy atom. The molecule has 3 aliphatic rings. The summed E-state index contributed by atoms with van der Waals surface area (Å²) < 4.78 is 0. The molecule has 134 valence electrons. The monoisotopic (exact) mass is 347 g/mol. The number of thioether (sulfide) groups is 1. The van der Waals surface area contributed by atoms with Gasteiger partial charge in [0.15, 0.2) is 0 Å². The summed E-state index contributed by atoms with van der Waals surface area (Å²) in [5.41, 5.74) is 4.47. The van der Waals surface area contributed by atoms with Gasteiger partial charge in [0.2, 0.25) is 0 Å². The molecule has 0 spiro atoms. The van der Waals surface area contributed by atoms with Gasteiger partial charge in [0.1, 0.15) is 4.93 Å². The molecule has 3 heteroatoms. The number of likely N-dealkylation sites (N-methyl/N-ethyl adjacent to an activating group) is 1. The van der Waals surface area contributed by atoms with Gasteiger partial charge in [0, 0.05) is 12.7 Å². The molecule has 0 aromatic carbocycles.